The third kappa shape index (κ3) is 2.92. The molecule has 0 atom stereocenters. The molecule has 2 aliphatic heterocycles. The maximum Gasteiger partial charge on any atom is 0.325 e. The van der Waals surface area contributed by atoms with Crippen LogP contribution in [0.5, 0.6) is 0 Å². The van der Waals surface area contributed by atoms with E-state index in [0.717, 1.165) is 0 Å². The van der Waals surface area contributed by atoms with Crippen LogP contribution in [-0.2, 0) is 4.79 Å². The number of aliphatic hydroxyl groups excluding tert-OH is 1. The molecule has 0 aliphatic carbocycles. The van der Waals surface area contributed by atoms with Gasteiger partial charge in [-0.25, -0.2) is 4.79 Å². The number of nitrogens with two attached hydrogens (primary N) is 1. The molecule has 8 heteroatoms. The zero-order valence-electron chi connectivity index (χ0n) is 11.3. The molecule has 2 heterocycles. The van der Waals surface area contributed by atoms with Gasteiger partial charge in [0.1, 0.15) is 5.54 Å². The Bertz CT molecular complexity index is 421. The number of piperidine rings is 1. The van der Waals surface area contributed by atoms with Gasteiger partial charge in [-0.1, -0.05) is 12.2 Å². The Morgan fingerprint density at radius 1 is 1.35 bits per heavy atom. The lowest BCUT2D eigenvalue weighted by Gasteiger charge is -2.37. The number of nitrogens with one attached hydrogen (secondary N) is 1. The van der Waals surface area contributed by atoms with Gasteiger partial charge in [0.15, 0.2) is 0 Å². The Kier molecular flexibility index (Phi) is 4.56. The Morgan fingerprint density at radius 2 is 2.00 bits per heavy atom. The van der Waals surface area contributed by atoms with Crippen molar-refractivity contribution in [1.82, 2.24) is 15.1 Å². The van der Waals surface area contributed by atoms with Crippen LogP contribution in [-0.4, -0.2) is 70.2 Å². The average Bonchev–Trinajstić information content (AvgIpc) is 2.62. The van der Waals surface area contributed by atoms with Crippen LogP contribution in [0.3, 0.4) is 0 Å². The number of carbonyl (C=O) groups is 2. The molecule has 4 N–H and O–H groups in total. The molecule has 7 nitrogen and oxygen atoms in total. The Labute approximate surface area is 123 Å². The third-order valence-electron chi connectivity index (χ3n) is 3.95. The molecule has 112 valence electrons. The molecule has 0 radical (unpaired) electrons. The van der Waals surface area contributed by atoms with Crippen LogP contribution in [0.2, 0.25) is 0 Å². The smallest absolute Gasteiger partial charge is 0.325 e. The average molecular weight is 300 g/mol. The van der Waals surface area contributed by atoms with Crippen molar-refractivity contribution in [3.8, 4) is 0 Å². The maximum absolute atomic E-state index is 12.5. The zero-order chi connectivity index (χ0) is 14.8. The molecule has 1 spiro atoms. The van der Waals surface area contributed by atoms with Crippen LogP contribution >= 0.6 is 12.2 Å². The van der Waals surface area contributed by atoms with Gasteiger partial charge in [-0.05, 0) is 12.8 Å². The number of amides is 3. The number of likely N-dealkylation sites (tertiary alicyclic amines) is 1. The summed E-state index contributed by atoms with van der Waals surface area (Å²) in [5.74, 6) is -0.178. The molecule has 20 heavy (non-hydrogen) atoms. The summed E-state index contributed by atoms with van der Waals surface area (Å²) in [5.41, 5.74) is 4.64. The third-order valence-corrected chi connectivity index (χ3v) is 4.16. The summed E-state index contributed by atoms with van der Waals surface area (Å²) in [5, 5.41) is 11.7. The van der Waals surface area contributed by atoms with Crippen LogP contribution < -0.4 is 11.1 Å². The fourth-order valence-corrected chi connectivity index (χ4v) is 2.83. The van der Waals surface area contributed by atoms with Gasteiger partial charge in [-0.2, -0.15) is 0 Å². The minimum atomic E-state index is -0.779. The van der Waals surface area contributed by atoms with Crippen molar-refractivity contribution in [2.45, 2.75) is 24.8 Å². The Balaban J connectivity index is 1.99. The lowest BCUT2D eigenvalue weighted by atomic mass is 9.87. The van der Waals surface area contributed by atoms with Crippen molar-refractivity contribution in [3.05, 3.63) is 0 Å². The second-order valence-corrected chi connectivity index (χ2v) is 5.77. The molecule has 2 fully saturated rings. The van der Waals surface area contributed by atoms with Gasteiger partial charge in [0, 0.05) is 32.6 Å². The van der Waals surface area contributed by atoms with Gasteiger partial charge in [0.25, 0.3) is 5.91 Å². The van der Waals surface area contributed by atoms with Crippen molar-refractivity contribution in [3.63, 3.8) is 0 Å². The van der Waals surface area contributed by atoms with Crippen molar-refractivity contribution in [2.75, 3.05) is 32.8 Å². The summed E-state index contributed by atoms with van der Waals surface area (Å²) in [6.07, 6.45) is 1.49. The highest BCUT2D eigenvalue weighted by Gasteiger charge is 2.51. The van der Waals surface area contributed by atoms with Crippen LogP contribution in [0.15, 0.2) is 0 Å². The molecule has 2 aliphatic rings. The van der Waals surface area contributed by atoms with Crippen LogP contribution in [0.25, 0.3) is 0 Å². The summed E-state index contributed by atoms with van der Waals surface area (Å²) in [6, 6.07) is -0.359. The molecule has 0 unspecified atom stereocenters. The van der Waals surface area contributed by atoms with Crippen LogP contribution in [0.1, 0.15) is 19.3 Å². The Morgan fingerprint density at radius 3 is 2.55 bits per heavy atom. The van der Waals surface area contributed by atoms with E-state index in [1.807, 2.05) is 0 Å². The molecule has 0 aromatic heterocycles. The summed E-state index contributed by atoms with van der Waals surface area (Å²) in [7, 11) is 0. The molecule has 0 saturated carbocycles. The van der Waals surface area contributed by atoms with Crippen LogP contribution in [0, 0.1) is 0 Å². The number of nitrogens with zero attached hydrogens (tertiary/aromatic N) is 2. The fraction of sp³-hybridized carbons (Fsp3) is 0.750. The molecule has 2 saturated heterocycles. The number of aliphatic hydroxyl groups is 1. The second-order valence-electron chi connectivity index (χ2n) is 5.25. The van der Waals surface area contributed by atoms with Crippen molar-refractivity contribution in [2.24, 2.45) is 5.73 Å². The van der Waals surface area contributed by atoms with Gasteiger partial charge >= 0.3 is 6.03 Å². The summed E-state index contributed by atoms with van der Waals surface area (Å²) < 4.78 is 0. The number of rotatable bonds is 5. The monoisotopic (exact) mass is 300 g/mol. The van der Waals surface area contributed by atoms with E-state index >= 15 is 0 Å². The van der Waals surface area contributed by atoms with E-state index in [-0.39, 0.29) is 25.1 Å². The van der Waals surface area contributed by atoms with Crippen LogP contribution in [0.4, 0.5) is 4.79 Å². The quantitative estimate of drug-likeness (QED) is 0.447. The number of carbonyl (C=O) groups excluding carboxylic acids is 2. The van der Waals surface area contributed by atoms with E-state index in [4.69, 9.17) is 23.1 Å². The summed E-state index contributed by atoms with van der Waals surface area (Å²) in [6.45, 7) is 2.32. The molecule has 2 rings (SSSR count). The highest BCUT2D eigenvalue weighted by atomic mass is 32.1. The predicted molar refractivity (Wildman–Crippen MR) is 77.1 cm³/mol. The van der Waals surface area contributed by atoms with E-state index in [1.54, 1.807) is 0 Å². The molecule has 0 bridgehead atoms. The highest BCUT2D eigenvalue weighted by molar-refractivity contribution is 7.80. The molecule has 0 aromatic carbocycles. The molecule has 0 aromatic rings. The number of imide groups is 1. The normalized spacial score (nSPS) is 22.4. The molecular weight excluding hydrogens is 280 g/mol. The number of thiocarbonyl (C=S) groups is 1. The standard InChI is InChI=1S/C12H20N4O3S/c13-9(20)1-4-16-10(18)12(14-11(16)19)2-5-15(6-3-12)7-8-17/h17H,1-8H2,(H2,13,20)(H,14,19). The van der Waals surface area contributed by atoms with E-state index in [2.05, 4.69) is 10.2 Å². The first kappa shape index (κ1) is 15.1. The topological polar surface area (TPSA) is 98.9 Å². The molecular formula is C12H20N4O3S. The van der Waals surface area contributed by atoms with Gasteiger partial charge in [0.2, 0.25) is 0 Å². The first-order valence-corrected chi connectivity index (χ1v) is 7.15. The maximum atomic E-state index is 12.5. The minimum absolute atomic E-state index is 0.105. The van der Waals surface area contributed by atoms with Gasteiger partial charge in [-0.3, -0.25) is 9.69 Å². The van der Waals surface area contributed by atoms with Gasteiger partial charge < -0.3 is 21.1 Å². The fourth-order valence-electron chi connectivity index (χ4n) is 2.74. The largest absolute Gasteiger partial charge is 0.395 e. The molecule has 3 amide bonds. The number of urea groups is 1. The Hall–Kier alpha value is -1.25. The SMILES string of the molecule is NC(=S)CCN1C(=O)NC2(CCN(CCO)CC2)C1=O. The lowest BCUT2D eigenvalue weighted by molar-refractivity contribution is -0.132. The zero-order valence-corrected chi connectivity index (χ0v) is 12.1. The van der Waals surface area contributed by atoms with Gasteiger partial charge in [0.05, 0.1) is 11.6 Å². The van der Waals surface area contributed by atoms with E-state index in [0.29, 0.717) is 43.9 Å². The lowest BCUT2D eigenvalue weighted by Crippen LogP contribution is -2.55. The second kappa shape index (κ2) is 6.02. The van der Waals surface area contributed by atoms with E-state index < -0.39 is 5.54 Å². The van der Waals surface area contributed by atoms with E-state index in [1.165, 1.54) is 4.90 Å². The first-order valence-electron chi connectivity index (χ1n) is 6.74. The number of β-amino-alcohol motifs (C(OH)–C–C–N with tert-alkyl or cyclic N) is 1. The summed E-state index contributed by atoms with van der Waals surface area (Å²) in [4.78, 5) is 28.0. The van der Waals surface area contributed by atoms with Crippen molar-refractivity contribution >= 4 is 29.1 Å². The van der Waals surface area contributed by atoms with Gasteiger partial charge in [-0.15, -0.1) is 0 Å². The van der Waals surface area contributed by atoms with Crippen molar-refractivity contribution in [1.29, 1.82) is 0 Å². The number of hydrogen-bond acceptors (Lipinski definition) is 5. The minimum Gasteiger partial charge on any atom is -0.395 e. The number of hydrogen-bond donors (Lipinski definition) is 3. The van der Waals surface area contributed by atoms with Crippen molar-refractivity contribution < 1.29 is 14.7 Å². The van der Waals surface area contributed by atoms with E-state index in [9.17, 15) is 9.59 Å². The highest BCUT2D eigenvalue weighted by Crippen LogP contribution is 2.29. The summed E-state index contributed by atoms with van der Waals surface area (Å²) >= 11 is 4.78. The first-order chi connectivity index (χ1) is 9.48. The predicted octanol–water partition coefficient (Wildman–Crippen LogP) is -0.959.